The van der Waals surface area contributed by atoms with Crippen LogP contribution in [0.15, 0.2) is 42.5 Å². The van der Waals surface area contributed by atoms with Crippen LogP contribution in [-0.2, 0) is 0 Å². The fraction of sp³-hybridized carbons (Fsp3) is 0.333. The minimum atomic E-state index is 0.173. The summed E-state index contributed by atoms with van der Waals surface area (Å²) in [4.78, 5) is 0. The molecule has 0 spiro atoms. The smallest absolute Gasteiger partial charge is 0.127 e. The van der Waals surface area contributed by atoms with Crippen molar-refractivity contribution < 1.29 is 9.84 Å². The summed E-state index contributed by atoms with van der Waals surface area (Å²) in [7, 11) is 0. The Labute approximate surface area is 125 Å². The van der Waals surface area contributed by atoms with Crippen molar-refractivity contribution in [3.8, 4) is 11.5 Å². The predicted molar refractivity (Wildman–Crippen MR) is 83.7 cm³/mol. The molecule has 0 saturated carbocycles. The van der Waals surface area contributed by atoms with E-state index in [4.69, 9.17) is 4.74 Å². The highest BCUT2D eigenvalue weighted by Gasteiger charge is 2.26. The van der Waals surface area contributed by atoms with Gasteiger partial charge < -0.3 is 15.2 Å². The summed E-state index contributed by atoms with van der Waals surface area (Å²) < 4.78 is 5.67. The van der Waals surface area contributed by atoms with Crippen molar-refractivity contribution in [1.82, 2.24) is 5.32 Å². The molecule has 2 atom stereocenters. The summed E-state index contributed by atoms with van der Waals surface area (Å²) in [5.74, 6) is 1.03. The minimum absolute atomic E-state index is 0.173. The summed E-state index contributed by atoms with van der Waals surface area (Å²) in [5.41, 5.74) is 3.70. The Kier molecular flexibility index (Phi) is 3.84. The van der Waals surface area contributed by atoms with Crippen LogP contribution in [0.5, 0.6) is 11.5 Å². The Morgan fingerprint density at radius 1 is 1.24 bits per heavy atom. The zero-order valence-corrected chi connectivity index (χ0v) is 12.5. The van der Waals surface area contributed by atoms with Crippen molar-refractivity contribution in [2.24, 2.45) is 0 Å². The van der Waals surface area contributed by atoms with E-state index >= 15 is 0 Å². The van der Waals surface area contributed by atoms with Gasteiger partial charge in [-0.25, -0.2) is 0 Å². The van der Waals surface area contributed by atoms with Gasteiger partial charge in [-0.15, -0.1) is 0 Å². The molecular weight excluding hydrogens is 262 g/mol. The van der Waals surface area contributed by atoms with Crippen LogP contribution in [0.1, 0.15) is 42.1 Å². The van der Waals surface area contributed by atoms with Gasteiger partial charge in [-0.05, 0) is 31.0 Å². The Bertz CT molecular complexity index is 622. The van der Waals surface area contributed by atoms with Gasteiger partial charge in [0.1, 0.15) is 18.1 Å². The number of aryl methyl sites for hydroxylation is 1. The lowest BCUT2D eigenvalue weighted by atomic mass is 10.0. The van der Waals surface area contributed by atoms with E-state index in [1.807, 2.05) is 6.07 Å². The van der Waals surface area contributed by atoms with E-state index in [2.05, 4.69) is 43.4 Å². The van der Waals surface area contributed by atoms with Gasteiger partial charge in [0.25, 0.3) is 0 Å². The molecule has 1 aliphatic heterocycles. The minimum Gasteiger partial charge on any atom is -0.508 e. The van der Waals surface area contributed by atoms with E-state index in [0.717, 1.165) is 17.7 Å². The Morgan fingerprint density at radius 3 is 2.71 bits per heavy atom. The Hall–Kier alpha value is -2.00. The van der Waals surface area contributed by atoms with Crippen molar-refractivity contribution in [2.45, 2.75) is 32.4 Å². The SMILES string of the molecule is CCC(NC1COc2cc(O)ccc21)c1ccc(C)cc1. The molecule has 0 bridgehead atoms. The molecule has 0 fully saturated rings. The van der Waals surface area contributed by atoms with Gasteiger partial charge in [-0.1, -0.05) is 36.8 Å². The lowest BCUT2D eigenvalue weighted by Crippen LogP contribution is -2.27. The summed E-state index contributed by atoms with van der Waals surface area (Å²) >= 11 is 0. The van der Waals surface area contributed by atoms with Crippen LogP contribution in [0.4, 0.5) is 0 Å². The summed E-state index contributed by atoms with van der Waals surface area (Å²) in [6.45, 7) is 4.90. The van der Waals surface area contributed by atoms with Crippen molar-refractivity contribution >= 4 is 0 Å². The summed E-state index contributed by atoms with van der Waals surface area (Å²) in [6.07, 6.45) is 1.02. The average molecular weight is 283 g/mol. The maximum Gasteiger partial charge on any atom is 0.127 e. The molecule has 2 unspecified atom stereocenters. The van der Waals surface area contributed by atoms with E-state index in [9.17, 15) is 5.11 Å². The first-order valence-corrected chi connectivity index (χ1v) is 7.45. The summed E-state index contributed by atoms with van der Waals surface area (Å²) in [5, 5.41) is 13.2. The van der Waals surface area contributed by atoms with E-state index in [1.165, 1.54) is 11.1 Å². The molecular formula is C18H21NO2. The summed E-state index contributed by atoms with van der Waals surface area (Å²) in [6, 6.07) is 14.5. The third-order valence-electron chi connectivity index (χ3n) is 4.07. The quantitative estimate of drug-likeness (QED) is 0.895. The highest BCUT2D eigenvalue weighted by atomic mass is 16.5. The van der Waals surface area contributed by atoms with E-state index in [-0.39, 0.29) is 11.8 Å². The first kappa shape index (κ1) is 14.0. The van der Waals surface area contributed by atoms with Gasteiger partial charge in [0.15, 0.2) is 0 Å². The molecule has 1 heterocycles. The molecule has 2 N–H and O–H groups in total. The van der Waals surface area contributed by atoms with Gasteiger partial charge in [0.05, 0.1) is 6.04 Å². The van der Waals surface area contributed by atoms with Crippen LogP contribution in [0.2, 0.25) is 0 Å². The Balaban J connectivity index is 1.78. The number of phenols is 1. The fourth-order valence-corrected chi connectivity index (χ4v) is 2.83. The second-order valence-corrected chi connectivity index (χ2v) is 5.62. The first-order valence-electron chi connectivity index (χ1n) is 7.45. The van der Waals surface area contributed by atoms with Crippen LogP contribution in [-0.4, -0.2) is 11.7 Å². The molecule has 2 aromatic carbocycles. The monoisotopic (exact) mass is 283 g/mol. The van der Waals surface area contributed by atoms with E-state index in [0.29, 0.717) is 12.6 Å². The van der Waals surface area contributed by atoms with Crippen molar-refractivity contribution in [1.29, 1.82) is 0 Å². The first-order chi connectivity index (χ1) is 10.2. The highest BCUT2D eigenvalue weighted by molar-refractivity contribution is 5.44. The van der Waals surface area contributed by atoms with E-state index in [1.54, 1.807) is 12.1 Å². The number of hydrogen-bond donors (Lipinski definition) is 2. The average Bonchev–Trinajstić information content (AvgIpc) is 2.88. The van der Waals surface area contributed by atoms with Gasteiger partial charge in [-0.2, -0.15) is 0 Å². The number of ether oxygens (including phenoxy) is 1. The molecule has 0 radical (unpaired) electrons. The molecule has 3 rings (SSSR count). The van der Waals surface area contributed by atoms with Crippen molar-refractivity contribution in [3.63, 3.8) is 0 Å². The molecule has 110 valence electrons. The largest absolute Gasteiger partial charge is 0.508 e. The number of nitrogens with one attached hydrogen (secondary N) is 1. The lowest BCUT2D eigenvalue weighted by molar-refractivity contribution is 0.295. The van der Waals surface area contributed by atoms with Crippen LogP contribution < -0.4 is 10.1 Å². The number of benzene rings is 2. The zero-order chi connectivity index (χ0) is 14.8. The molecule has 3 nitrogen and oxygen atoms in total. The maximum atomic E-state index is 9.51. The number of rotatable bonds is 4. The van der Waals surface area contributed by atoms with Crippen LogP contribution in [0.3, 0.4) is 0 Å². The van der Waals surface area contributed by atoms with Gasteiger partial charge in [0.2, 0.25) is 0 Å². The van der Waals surface area contributed by atoms with Gasteiger partial charge in [-0.3, -0.25) is 0 Å². The third kappa shape index (κ3) is 2.88. The molecule has 0 aromatic heterocycles. The lowest BCUT2D eigenvalue weighted by Gasteiger charge is -2.22. The van der Waals surface area contributed by atoms with Crippen molar-refractivity contribution in [3.05, 3.63) is 59.2 Å². The van der Waals surface area contributed by atoms with Gasteiger partial charge in [0, 0.05) is 17.7 Å². The second kappa shape index (κ2) is 5.78. The molecule has 0 aliphatic carbocycles. The molecule has 0 amide bonds. The topological polar surface area (TPSA) is 41.5 Å². The molecule has 3 heteroatoms. The number of hydrogen-bond acceptors (Lipinski definition) is 3. The van der Waals surface area contributed by atoms with E-state index < -0.39 is 0 Å². The fourth-order valence-electron chi connectivity index (χ4n) is 2.83. The van der Waals surface area contributed by atoms with Crippen LogP contribution >= 0.6 is 0 Å². The molecule has 0 saturated heterocycles. The number of fused-ring (bicyclic) bond motifs is 1. The molecule has 1 aliphatic rings. The standard InChI is InChI=1S/C18H21NO2/c1-3-16(13-6-4-12(2)5-7-13)19-17-11-21-18-10-14(20)8-9-15(17)18/h4-10,16-17,19-20H,3,11H2,1-2H3. The Morgan fingerprint density at radius 2 is 2.00 bits per heavy atom. The van der Waals surface area contributed by atoms with Crippen LogP contribution in [0, 0.1) is 6.92 Å². The predicted octanol–water partition coefficient (Wildman–Crippen LogP) is 3.88. The van der Waals surface area contributed by atoms with Crippen LogP contribution in [0.25, 0.3) is 0 Å². The third-order valence-corrected chi connectivity index (χ3v) is 4.07. The highest BCUT2D eigenvalue weighted by Crippen LogP contribution is 2.36. The number of aromatic hydroxyl groups is 1. The molecule has 21 heavy (non-hydrogen) atoms. The number of phenolic OH excluding ortho intramolecular Hbond substituents is 1. The second-order valence-electron chi connectivity index (χ2n) is 5.62. The zero-order valence-electron chi connectivity index (χ0n) is 12.5. The normalized spacial score (nSPS) is 18.1. The van der Waals surface area contributed by atoms with Gasteiger partial charge >= 0.3 is 0 Å². The maximum absolute atomic E-state index is 9.51. The molecule has 2 aromatic rings. The van der Waals surface area contributed by atoms with Crippen molar-refractivity contribution in [2.75, 3.05) is 6.61 Å².